The largest absolute Gasteiger partial charge is 0.278 e. The summed E-state index contributed by atoms with van der Waals surface area (Å²) in [5.74, 6) is 0.632. The normalized spacial score (nSPS) is 13.1. The molecule has 1 aromatic rings. The van der Waals surface area contributed by atoms with Crippen molar-refractivity contribution >= 4 is 11.9 Å². The average molecular weight is 277 g/mol. The van der Waals surface area contributed by atoms with Gasteiger partial charge in [0.05, 0.1) is 0 Å². The van der Waals surface area contributed by atoms with Gasteiger partial charge >= 0.3 is 0 Å². The Kier molecular flexibility index (Phi) is 5.66. The number of rotatable bonds is 5. The van der Waals surface area contributed by atoms with Crippen LogP contribution in [0.1, 0.15) is 60.1 Å². The van der Waals surface area contributed by atoms with E-state index >= 15 is 0 Å². The predicted octanol–water partition coefficient (Wildman–Crippen LogP) is 3.61. The van der Waals surface area contributed by atoms with Crippen molar-refractivity contribution in [2.75, 3.05) is 4.90 Å². The van der Waals surface area contributed by atoms with E-state index in [1.54, 1.807) is 11.1 Å². The number of aromatic nitrogens is 2. The molecule has 4 nitrogen and oxygen atoms in total. The van der Waals surface area contributed by atoms with Crippen molar-refractivity contribution < 1.29 is 4.79 Å². The Labute approximate surface area is 122 Å². The summed E-state index contributed by atoms with van der Waals surface area (Å²) in [5.41, 5.74) is 0.928. The lowest BCUT2D eigenvalue weighted by Crippen LogP contribution is -2.41. The third-order valence-corrected chi connectivity index (χ3v) is 3.26. The zero-order valence-electron chi connectivity index (χ0n) is 13.6. The second-order valence-electron chi connectivity index (χ2n) is 6.46. The van der Waals surface area contributed by atoms with Gasteiger partial charge in [-0.25, -0.2) is 9.97 Å². The molecule has 20 heavy (non-hydrogen) atoms. The summed E-state index contributed by atoms with van der Waals surface area (Å²) in [6, 6.07) is 2.00. The van der Waals surface area contributed by atoms with Gasteiger partial charge in [0.15, 0.2) is 0 Å². The molecule has 0 aliphatic rings. The maximum absolute atomic E-state index is 12.6. The van der Waals surface area contributed by atoms with E-state index < -0.39 is 0 Å². The molecule has 0 aromatic carbocycles. The van der Waals surface area contributed by atoms with Crippen LogP contribution in [0, 0.1) is 5.41 Å². The number of hydrogen-bond acceptors (Lipinski definition) is 3. The first-order valence-electron chi connectivity index (χ1n) is 7.42. The van der Waals surface area contributed by atoms with Crippen molar-refractivity contribution in [1.82, 2.24) is 9.97 Å². The van der Waals surface area contributed by atoms with Gasteiger partial charge in [0, 0.05) is 24.4 Å². The Balaban J connectivity index is 3.08. The third-order valence-electron chi connectivity index (χ3n) is 3.26. The molecule has 1 rings (SSSR count). The molecule has 0 radical (unpaired) electrons. The highest BCUT2D eigenvalue weighted by molar-refractivity contribution is 5.92. The van der Waals surface area contributed by atoms with Crippen LogP contribution in [0.3, 0.4) is 0 Å². The van der Waals surface area contributed by atoms with Crippen LogP contribution in [0.5, 0.6) is 0 Å². The smallest absolute Gasteiger partial charge is 0.232 e. The molecule has 0 spiro atoms. The monoisotopic (exact) mass is 277 g/mol. The molecule has 0 saturated heterocycles. The summed E-state index contributed by atoms with van der Waals surface area (Å²) in [4.78, 5) is 23.2. The van der Waals surface area contributed by atoms with Gasteiger partial charge in [-0.1, -0.05) is 34.6 Å². The molecule has 1 heterocycles. The zero-order valence-corrected chi connectivity index (χ0v) is 13.6. The van der Waals surface area contributed by atoms with Crippen molar-refractivity contribution in [2.45, 2.75) is 66.8 Å². The molecule has 0 bridgehead atoms. The number of nitrogens with zero attached hydrogens (tertiary/aromatic N) is 3. The highest BCUT2D eigenvalue weighted by Gasteiger charge is 2.27. The zero-order chi connectivity index (χ0) is 15.3. The molecule has 1 atom stereocenters. The van der Waals surface area contributed by atoms with Gasteiger partial charge in [-0.15, -0.1) is 0 Å². The van der Waals surface area contributed by atoms with Crippen LogP contribution in [-0.2, 0) is 11.2 Å². The molecule has 1 unspecified atom stereocenters. The number of anilines is 1. The molecule has 4 heteroatoms. The molecule has 1 amide bonds. The first kappa shape index (κ1) is 16.6. The highest BCUT2D eigenvalue weighted by Crippen LogP contribution is 2.23. The van der Waals surface area contributed by atoms with Gasteiger partial charge in [0.1, 0.15) is 0 Å². The molecule has 0 fully saturated rings. The lowest BCUT2D eigenvalue weighted by atomic mass is 9.91. The van der Waals surface area contributed by atoms with Crippen molar-refractivity contribution in [3.05, 3.63) is 18.0 Å². The molecule has 0 saturated carbocycles. The first-order chi connectivity index (χ1) is 9.28. The van der Waals surface area contributed by atoms with Crippen LogP contribution in [0.15, 0.2) is 12.3 Å². The number of aryl methyl sites for hydroxylation is 1. The van der Waals surface area contributed by atoms with Gasteiger partial charge < -0.3 is 0 Å². The minimum Gasteiger partial charge on any atom is -0.278 e. The maximum atomic E-state index is 12.6. The SMILES string of the molecule is CCc1ccnc(N(C(=O)CC(C)(C)C)C(C)CC)n1. The van der Waals surface area contributed by atoms with Crippen LogP contribution >= 0.6 is 0 Å². The Hall–Kier alpha value is -1.45. The fourth-order valence-corrected chi connectivity index (χ4v) is 1.97. The second kappa shape index (κ2) is 6.82. The second-order valence-corrected chi connectivity index (χ2v) is 6.46. The molecule has 112 valence electrons. The van der Waals surface area contributed by atoms with Crippen LogP contribution in [-0.4, -0.2) is 21.9 Å². The molecular weight excluding hydrogens is 250 g/mol. The Morgan fingerprint density at radius 3 is 2.50 bits per heavy atom. The fourth-order valence-electron chi connectivity index (χ4n) is 1.97. The summed E-state index contributed by atoms with van der Waals surface area (Å²) >= 11 is 0. The Bertz CT molecular complexity index is 451. The van der Waals surface area contributed by atoms with Gasteiger partial charge in [0.25, 0.3) is 0 Å². The van der Waals surface area contributed by atoms with E-state index in [2.05, 4.69) is 44.6 Å². The quantitative estimate of drug-likeness (QED) is 0.826. The van der Waals surface area contributed by atoms with Crippen molar-refractivity contribution in [2.24, 2.45) is 5.41 Å². The molecule has 0 aliphatic carbocycles. The lowest BCUT2D eigenvalue weighted by Gasteiger charge is -2.29. The van der Waals surface area contributed by atoms with Crippen LogP contribution in [0.2, 0.25) is 0 Å². The standard InChI is InChI=1S/C16H27N3O/c1-7-12(3)19(14(20)11-16(4,5)6)15-17-10-9-13(8-2)18-15/h9-10,12H,7-8,11H2,1-6H3. The number of amides is 1. The molecule has 1 aromatic heterocycles. The number of hydrogen-bond donors (Lipinski definition) is 0. The topological polar surface area (TPSA) is 46.1 Å². The van der Waals surface area contributed by atoms with E-state index in [1.165, 1.54) is 0 Å². The molecule has 0 aliphatic heterocycles. The molecule has 0 N–H and O–H groups in total. The van der Waals surface area contributed by atoms with E-state index in [0.29, 0.717) is 12.4 Å². The maximum Gasteiger partial charge on any atom is 0.232 e. The summed E-state index contributed by atoms with van der Waals surface area (Å²) < 4.78 is 0. The van der Waals surface area contributed by atoms with Gasteiger partial charge in [-0.3, -0.25) is 9.69 Å². The summed E-state index contributed by atoms with van der Waals surface area (Å²) in [7, 11) is 0. The van der Waals surface area contributed by atoms with Gasteiger partial charge in [0.2, 0.25) is 11.9 Å². The van der Waals surface area contributed by atoms with Crippen LogP contribution in [0.25, 0.3) is 0 Å². The minimum absolute atomic E-state index is 0.0365. The van der Waals surface area contributed by atoms with Crippen molar-refractivity contribution in [3.63, 3.8) is 0 Å². The minimum atomic E-state index is -0.0365. The highest BCUT2D eigenvalue weighted by atomic mass is 16.2. The Morgan fingerprint density at radius 1 is 1.35 bits per heavy atom. The summed E-state index contributed by atoms with van der Waals surface area (Å²) in [6.07, 6.45) is 3.96. The molecular formula is C16H27N3O. The van der Waals surface area contributed by atoms with Crippen LogP contribution in [0.4, 0.5) is 5.95 Å². The number of carbonyl (C=O) groups excluding carboxylic acids is 1. The van der Waals surface area contributed by atoms with E-state index in [0.717, 1.165) is 18.5 Å². The lowest BCUT2D eigenvalue weighted by molar-refractivity contribution is -0.120. The number of carbonyl (C=O) groups is 1. The van der Waals surface area contributed by atoms with E-state index in [1.807, 2.05) is 13.0 Å². The fraction of sp³-hybridized carbons (Fsp3) is 0.688. The van der Waals surface area contributed by atoms with Crippen LogP contribution < -0.4 is 4.90 Å². The Morgan fingerprint density at radius 2 is 2.00 bits per heavy atom. The van der Waals surface area contributed by atoms with Gasteiger partial charge in [-0.05, 0) is 31.2 Å². The summed E-state index contributed by atoms with van der Waals surface area (Å²) in [6.45, 7) is 12.4. The van der Waals surface area contributed by atoms with E-state index in [9.17, 15) is 4.79 Å². The van der Waals surface area contributed by atoms with Crippen molar-refractivity contribution in [3.8, 4) is 0 Å². The predicted molar refractivity (Wildman–Crippen MR) is 82.7 cm³/mol. The van der Waals surface area contributed by atoms with E-state index in [4.69, 9.17) is 0 Å². The first-order valence-corrected chi connectivity index (χ1v) is 7.42. The van der Waals surface area contributed by atoms with Crippen molar-refractivity contribution in [1.29, 1.82) is 0 Å². The summed E-state index contributed by atoms with van der Waals surface area (Å²) in [5, 5.41) is 0. The third kappa shape index (κ3) is 4.58. The van der Waals surface area contributed by atoms with Gasteiger partial charge in [-0.2, -0.15) is 0 Å². The average Bonchev–Trinajstić information content (AvgIpc) is 2.36. The van der Waals surface area contributed by atoms with E-state index in [-0.39, 0.29) is 17.4 Å².